The summed E-state index contributed by atoms with van der Waals surface area (Å²) >= 11 is 0. The predicted molar refractivity (Wildman–Crippen MR) is 74.3 cm³/mol. The lowest BCUT2D eigenvalue weighted by molar-refractivity contribution is 0.265. The molecule has 0 unspecified atom stereocenters. The maximum Gasteiger partial charge on any atom is 0.0141 e. The van der Waals surface area contributed by atoms with Crippen molar-refractivity contribution in [1.82, 2.24) is 5.32 Å². The highest BCUT2D eigenvalue weighted by atomic mass is 15.0. The fourth-order valence-corrected chi connectivity index (χ4v) is 2.96. The first-order chi connectivity index (χ1) is 8.06. The number of rotatable bonds is 2. The second-order valence-electron chi connectivity index (χ2n) is 6.30. The summed E-state index contributed by atoms with van der Waals surface area (Å²) in [6, 6.07) is 11.7. The Hall–Kier alpha value is -0.820. The van der Waals surface area contributed by atoms with Crippen LogP contribution in [0.5, 0.6) is 0 Å². The fraction of sp³-hybridized carbons (Fsp3) is 0.625. The van der Waals surface area contributed by atoms with Crippen LogP contribution in [0, 0.1) is 0 Å². The Bertz CT molecular complexity index is 336. The minimum atomic E-state index is 0.217. The topological polar surface area (TPSA) is 12.0 Å². The SMILES string of the molecule is CC(C)(C)N[C@@H]1CCCC[C@H]1c1ccccc1. The van der Waals surface area contributed by atoms with E-state index in [2.05, 4.69) is 56.4 Å². The third-order valence-electron chi connectivity index (χ3n) is 3.61. The monoisotopic (exact) mass is 231 g/mol. The molecule has 0 bridgehead atoms. The molecular weight excluding hydrogens is 206 g/mol. The molecular formula is C16H25N. The van der Waals surface area contributed by atoms with E-state index < -0.39 is 0 Å². The van der Waals surface area contributed by atoms with E-state index in [1.54, 1.807) is 0 Å². The molecule has 1 N–H and O–H groups in total. The Balaban J connectivity index is 2.13. The number of hydrogen-bond acceptors (Lipinski definition) is 1. The highest BCUT2D eigenvalue weighted by Gasteiger charge is 2.28. The number of hydrogen-bond donors (Lipinski definition) is 1. The first-order valence-corrected chi connectivity index (χ1v) is 6.89. The molecule has 0 radical (unpaired) electrons. The molecule has 1 saturated carbocycles. The van der Waals surface area contributed by atoms with Gasteiger partial charge in [0.1, 0.15) is 0 Å². The predicted octanol–water partition coefficient (Wildman–Crippen LogP) is 4.10. The molecule has 2 rings (SSSR count). The van der Waals surface area contributed by atoms with Gasteiger partial charge in [-0.05, 0) is 45.1 Å². The Morgan fingerprint density at radius 3 is 2.29 bits per heavy atom. The molecule has 2 atom stereocenters. The van der Waals surface area contributed by atoms with Crippen molar-refractivity contribution in [2.24, 2.45) is 0 Å². The maximum absolute atomic E-state index is 3.81. The van der Waals surface area contributed by atoms with Gasteiger partial charge in [-0.2, -0.15) is 0 Å². The molecule has 0 spiro atoms. The third kappa shape index (κ3) is 3.57. The minimum Gasteiger partial charge on any atom is -0.309 e. The van der Waals surface area contributed by atoms with Crippen molar-refractivity contribution in [2.75, 3.05) is 0 Å². The van der Waals surface area contributed by atoms with E-state index in [1.165, 1.54) is 31.2 Å². The Kier molecular flexibility index (Phi) is 3.88. The molecule has 0 saturated heterocycles. The summed E-state index contributed by atoms with van der Waals surface area (Å²) in [4.78, 5) is 0. The van der Waals surface area contributed by atoms with Gasteiger partial charge in [-0.1, -0.05) is 43.2 Å². The summed E-state index contributed by atoms with van der Waals surface area (Å²) in [7, 11) is 0. The summed E-state index contributed by atoms with van der Waals surface area (Å²) in [6.45, 7) is 6.80. The summed E-state index contributed by atoms with van der Waals surface area (Å²) in [6.07, 6.45) is 5.40. The lowest BCUT2D eigenvalue weighted by Crippen LogP contribution is -2.47. The van der Waals surface area contributed by atoms with Gasteiger partial charge in [0, 0.05) is 11.6 Å². The zero-order chi connectivity index (χ0) is 12.3. The van der Waals surface area contributed by atoms with Gasteiger partial charge in [0.2, 0.25) is 0 Å². The van der Waals surface area contributed by atoms with Gasteiger partial charge >= 0.3 is 0 Å². The highest BCUT2D eigenvalue weighted by molar-refractivity contribution is 5.22. The molecule has 1 aliphatic carbocycles. The minimum absolute atomic E-state index is 0.217. The van der Waals surface area contributed by atoms with Crippen LogP contribution in [-0.2, 0) is 0 Å². The molecule has 0 aromatic heterocycles. The number of nitrogens with one attached hydrogen (secondary N) is 1. The Morgan fingerprint density at radius 1 is 1.00 bits per heavy atom. The van der Waals surface area contributed by atoms with E-state index in [0.29, 0.717) is 12.0 Å². The number of benzene rings is 1. The zero-order valence-electron chi connectivity index (χ0n) is 11.4. The lowest BCUT2D eigenvalue weighted by atomic mass is 9.79. The average molecular weight is 231 g/mol. The van der Waals surface area contributed by atoms with Crippen LogP contribution in [0.1, 0.15) is 57.9 Å². The van der Waals surface area contributed by atoms with Crippen LogP contribution >= 0.6 is 0 Å². The normalized spacial score (nSPS) is 25.8. The first-order valence-electron chi connectivity index (χ1n) is 6.89. The summed E-state index contributed by atoms with van der Waals surface area (Å²) in [5.74, 6) is 0.698. The molecule has 94 valence electrons. The molecule has 0 aliphatic heterocycles. The van der Waals surface area contributed by atoms with Gasteiger partial charge in [0.05, 0.1) is 0 Å². The van der Waals surface area contributed by atoms with E-state index in [1.807, 2.05) is 0 Å². The van der Waals surface area contributed by atoms with Crippen molar-refractivity contribution in [3.05, 3.63) is 35.9 Å². The van der Waals surface area contributed by atoms with E-state index in [4.69, 9.17) is 0 Å². The van der Waals surface area contributed by atoms with Gasteiger partial charge in [-0.15, -0.1) is 0 Å². The van der Waals surface area contributed by atoms with Gasteiger partial charge in [-0.3, -0.25) is 0 Å². The van der Waals surface area contributed by atoms with Crippen LogP contribution in [0.3, 0.4) is 0 Å². The van der Waals surface area contributed by atoms with E-state index in [9.17, 15) is 0 Å². The van der Waals surface area contributed by atoms with Crippen LogP contribution in [0.15, 0.2) is 30.3 Å². The van der Waals surface area contributed by atoms with Gasteiger partial charge in [0.15, 0.2) is 0 Å². The Morgan fingerprint density at radius 2 is 1.65 bits per heavy atom. The van der Waals surface area contributed by atoms with Crippen LogP contribution < -0.4 is 5.32 Å². The van der Waals surface area contributed by atoms with Crippen molar-refractivity contribution in [3.63, 3.8) is 0 Å². The molecule has 1 nitrogen and oxygen atoms in total. The van der Waals surface area contributed by atoms with Gasteiger partial charge in [0.25, 0.3) is 0 Å². The van der Waals surface area contributed by atoms with E-state index in [-0.39, 0.29) is 5.54 Å². The molecule has 1 fully saturated rings. The molecule has 17 heavy (non-hydrogen) atoms. The van der Waals surface area contributed by atoms with Crippen molar-refractivity contribution in [1.29, 1.82) is 0 Å². The van der Waals surface area contributed by atoms with Crippen molar-refractivity contribution >= 4 is 0 Å². The van der Waals surface area contributed by atoms with Crippen molar-refractivity contribution in [3.8, 4) is 0 Å². The van der Waals surface area contributed by atoms with Crippen molar-refractivity contribution in [2.45, 2.75) is 64.0 Å². The fourth-order valence-electron chi connectivity index (χ4n) is 2.96. The molecule has 1 aromatic carbocycles. The van der Waals surface area contributed by atoms with Crippen molar-refractivity contribution < 1.29 is 0 Å². The van der Waals surface area contributed by atoms with Crippen LogP contribution in [-0.4, -0.2) is 11.6 Å². The Labute approximate surface area is 106 Å². The molecule has 1 aromatic rings. The molecule has 0 amide bonds. The molecule has 1 aliphatic rings. The average Bonchev–Trinajstić information content (AvgIpc) is 2.29. The van der Waals surface area contributed by atoms with Crippen LogP contribution in [0.25, 0.3) is 0 Å². The quantitative estimate of drug-likeness (QED) is 0.808. The summed E-state index contributed by atoms with van der Waals surface area (Å²) in [5, 5.41) is 3.81. The lowest BCUT2D eigenvalue weighted by Gasteiger charge is -2.37. The summed E-state index contributed by atoms with van der Waals surface area (Å²) < 4.78 is 0. The van der Waals surface area contributed by atoms with Gasteiger partial charge in [-0.25, -0.2) is 0 Å². The van der Waals surface area contributed by atoms with Gasteiger partial charge < -0.3 is 5.32 Å². The first kappa shape index (κ1) is 12.6. The highest BCUT2D eigenvalue weighted by Crippen LogP contribution is 2.33. The van der Waals surface area contributed by atoms with E-state index >= 15 is 0 Å². The zero-order valence-corrected chi connectivity index (χ0v) is 11.4. The largest absolute Gasteiger partial charge is 0.309 e. The van der Waals surface area contributed by atoms with Crippen LogP contribution in [0.2, 0.25) is 0 Å². The smallest absolute Gasteiger partial charge is 0.0141 e. The second kappa shape index (κ2) is 5.22. The maximum atomic E-state index is 3.81. The third-order valence-corrected chi connectivity index (χ3v) is 3.61. The second-order valence-corrected chi connectivity index (χ2v) is 6.30. The molecule has 1 heteroatoms. The summed E-state index contributed by atoms with van der Waals surface area (Å²) in [5.41, 5.74) is 1.73. The van der Waals surface area contributed by atoms with Crippen LogP contribution in [0.4, 0.5) is 0 Å². The standard InChI is InChI=1S/C16H25N/c1-16(2,3)17-15-12-8-7-11-14(15)13-9-5-4-6-10-13/h4-6,9-10,14-15,17H,7-8,11-12H2,1-3H3/t14-,15+/m0/s1. The van der Waals surface area contributed by atoms with E-state index in [0.717, 1.165) is 0 Å². The molecule has 0 heterocycles.